The SMILES string of the molecule is COc1ccnc(-c2cc(C)ccc2C)c1. The molecule has 0 radical (unpaired) electrons. The highest BCUT2D eigenvalue weighted by Gasteiger charge is 2.04. The van der Waals surface area contributed by atoms with E-state index in [1.807, 2.05) is 12.1 Å². The van der Waals surface area contributed by atoms with Gasteiger partial charge in [-0.05, 0) is 31.5 Å². The van der Waals surface area contributed by atoms with Crippen molar-refractivity contribution < 1.29 is 4.74 Å². The molecule has 0 aliphatic heterocycles. The van der Waals surface area contributed by atoms with Crippen LogP contribution in [0.2, 0.25) is 0 Å². The van der Waals surface area contributed by atoms with Crippen molar-refractivity contribution in [2.45, 2.75) is 13.8 Å². The Morgan fingerprint density at radius 3 is 2.62 bits per heavy atom. The predicted molar refractivity (Wildman–Crippen MR) is 65.7 cm³/mol. The van der Waals surface area contributed by atoms with E-state index >= 15 is 0 Å². The number of ether oxygens (including phenoxy) is 1. The molecule has 0 aliphatic carbocycles. The van der Waals surface area contributed by atoms with Gasteiger partial charge in [0.25, 0.3) is 0 Å². The average molecular weight is 213 g/mol. The Balaban J connectivity index is 2.53. The Morgan fingerprint density at radius 2 is 1.88 bits per heavy atom. The van der Waals surface area contributed by atoms with E-state index in [1.165, 1.54) is 16.7 Å². The molecule has 2 aromatic rings. The summed E-state index contributed by atoms with van der Waals surface area (Å²) in [6, 6.07) is 10.2. The lowest BCUT2D eigenvalue weighted by atomic mass is 10.0. The maximum absolute atomic E-state index is 5.21. The highest BCUT2D eigenvalue weighted by molar-refractivity contribution is 5.65. The van der Waals surface area contributed by atoms with E-state index in [9.17, 15) is 0 Å². The fourth-order valence-electron chi connectivity index (χ4n) is 1.70. The largest absolute Gasteiger partial charge is 0.497 e. The normalized spacial score (nSPS) is 10.2. The number of rotatable bonds is 2. The van der Waals surface area contributed by atoms with Crippen LogP contribution in [0.4, 0.5) is 0 Å². The molecule has 0 atom stereocenters. The fraction of sp³-hybridized carbons (Fsp3) is 0.214. The molecule has 2 rings (SSSR count). The summed E-state index contributed by atoms with van der Waals surface area (Å²) in [5.41, 5.74) is 4.59. The van der Waals surface area contributed by atoms with E-state index in [4.69, 9.17) is 4.74 Å². The van der Waals surface area contributed by atoms with E-state index in [-0.39, 0.29) is 0 Å². The zero-order valence-corrected chi connectivity index (χ0v) is 9.82. The summed E-state index contributed by atoms with van der Waals surface area (Å²) < 4.78 is 5.21. The van der Waals surface area contributed by atoms with Crippen LogP contribution in [0.15, 0.2) is 36.5 Å². The summed E-state index contributed by atoms with van der Waals surface area (Å²) in [4.78, 5) is 4.38. The lowest BCUT2D eigenvalue weighted by molar-refractivity contribution is 0.414. The Bertz CT molecular complexity index is 506. The minimum Gasteiger partial charge on any atom is -0.497 e. The minimum atomic E-state index is 0.839. The predicted octanol–water partition coefficient (Wildman–Crippen LogP) is 3.37. The Labute approximate surface area is 95.9 Å². The van der Waals surface area contributed by atoms with Gasteiger partial charge in [0.1, 0.15) is 5.75 Å². The zero-order chi connectivity index (χ0) is 11.5. The monoisotopic (exact) mass is 213 g/mol. The van der Waals surface area contributed by atoms with E-state index in [0.29, 0.717) is 0 Å². The van der Waals surface area contributed by atoms with E-state index in [1.54, 1.807) is 13.3 Å². The van der Waals surface area contributed by atoms with E-state index in [2.05, 4.69) is 37.0 Å². The minimum absolute atomic E-state index is 0.839. The number of benzene rings is 1. The third-order valence-electron chi connectivity index (χ3n) is 2.64. The van der Waals surface area contributed by atoms with Crippen LogP contribution in [-0.2, 0) is 0 Å². The van der Waals surface area contributed by atoms with Gasteiger partial charge in [-0.2, -0.15) is 0 Å². The summed E-state index contributed by atoms with van der Waals surface area (Å²) in [5, 5.41) is 0. The van der Waals surface area contributed by atoms with Gasteiger partial charge in [-0.15, -0.1) is 0 Å². The highest BCUT2D eigenvalue weighted by atomic mass is 16.5. The molecule has 2 nitrogen and oxygen atoms in total. The van der Waals surface area contributed by atoms with Gasteiger partial charge < -0.3 is 4.74 Å². The van der Waals surface area contributed by atoms with Gasteiger partial charge in [-0.25, -0.2) is 0 Å². The van der Waals surface area contributed by atoms with Gasteiger partial charge in [0.05, 0.1) is 12.8 Å². The maximum Gasteiger partial charge on any atom is 0.122 e. The second-order valence-electron chi connectivity index (χ2n) is 3.90. The van der Waals surface area contributed by atoms with Gasteiger partial charge in [-0.3, -0.25) is 4.98 Å². The summed E-state index contributed by atoms with van der Waals surface area (Å²) in [5.74, 6) is 0.839. The third kappa shape index (κ3) is 2.06. The lowest BCUT2D eigenvalue weighted by Crippen LogP contribution is -1.90. The smallest absolute Gasteiger partial charge is 0.122 e. The Hall–Kier alpha value is -1.83. The topological polar surface area (TPSA) is 22.1 Å². The lowest BCUT2D eigenvalue weighted by Gasteiger charge is -2.07. The molecular weight excluding hydrogens is 198 g/mol. The number of aromatic nitrogens is 1. The van der Waals surface area contributed by atoms with Gasteiger partial charge in [-0.1, -0.05) is 17.7 Å². The average Bonchev–Trinajstić information content (AvgIpc) is 2.32. The van der Waals surface area contributed by atoms with Crippen LogP contribution in [-0.4, -0.2) is 12.1 Å². The zero-order valence-electron chi connectivity index (χ0n) is 9.82. The number of hydrogen-bond acceptors (Lipinski definition) is 2. The summed E-state index contributed by atoms with van der Waals surface area (Å²) >= 11 is 0. The van der Waals surface area contributed by atoms with Crippen LogP contribution in [0.1, 0.15) is 11.1 Å². The van der Waals surface area contributed by atoms with Crippen molar-refractivity contribution in [1.29, 1.82) is 0 Å². The molecule has 0 saturated heterocycles. The van der Waals surface area contributed by atoms with Crippen molar-refractivity contribution in [2.75, 3.05) is 7.11 Å². The third-order valence-corrected chi connectivity index (χ3v) is 2.64. The number of nitrogens with zero attached hydrogens (tertiary/aromatic N) is 1. The summed E-state index contributed by atoms with van der Waals surface area (Å²) in [6.07, 6.45) is 1.77. The Kier molecular flexibility index (Phi) is 2.91. The van der Waals surface area contributed by atoms with E-state index in [0.717, 1.165) is 11.4 Å². The molecule has 0 spiro atoms. The molecule has 0 amide bonds. The molecule has 1 heterocycles. The molecule has 82 valence electrons. The first-order chi connectivity index (χ1) is 7.70. The summed E-state index contributed by atoms with van der Waals surface area (Å²) in [7, 11) is 1.67. The first kappa shape index (κ1) is 10.7. The molecule has 1 aromatic heterocycles. The first-order valence-corrected chi connectivity index (χ1v) is 5.28. The van der Waals surface area contributed by atoms with Crippen molar-refractivity contribution in [2.24, 2.45) is 0 Å². The molecular formula is C14H15NO. The molecule has 0 saturated carbocycles. The number of aryl methyl sites for hydroxylation is 2. The molecule has 0 unspecified atom stereocenters. The van der Waals surface area contributed by atoms with Crippen molar-refractivity contribution in [3.05, 3.63) is 47.7 Å². The van der Waals surface area contributed by atoms with Gasteiger partial charge in [0.2, 0.25) is 0 Å². The van der Waals surface area contributed by atoms with Crippen LogP contribution in [0, 0.1) is 13.8 Å². The summed E-state index contributed by atoms with van der Waals surface area (Å²) in [6.45, 7) is 4.18. The number of pyridine rings is 1. The van der Waals surface area contributed by atoms with Crippen LogP contribution in [0.25, 0.3) is 11.3 Å². The van der Waals surface area contributed by atoms with Crippen LogP contribution < -0.4 is 4.74 Å². The highest BCUT2D eigenvalue weighted by Crippen LogP contribution is 2.25. The molecule has 0 fully saturated rings. The first-order valence-electron chi connectivity index (χ1n) is 5.28. The fourth-order valence-corrected chi connectivity index (χ4v) is 1.70. The van der Waals surface area contributed by atoms with Crippen LogP contribution in [0.3, 0.4) is 0 Å². The van der Waals surface area contributed by atoms with Crippen LogP contribution in [0.5, 0.6) is 5.75 Å². The molecule has 0 aliphatic rings. The van der Waals surface area contributed by atoms with Crippen molar-refractivity contribution >= 4 is 0 Å². The van der Waals surface area contributed by atoms with Crippen LogP contribution >= 0.6 is 0 Å². The van der Waals surface area contributed by atoms with Gasteiger partial charge >= 0.3 is 0 Å². The Morgan fingerprint density at radius 1 is 1.06 bits per heavy atom. The van der Waals surface area contributed by atoms with Crippen molar-refractivity contribution in [3.8, 4) is 17.0 Å². The molecule has 1 aromatic carbocycles. The quantitative estimate of drug-likeness (QED) is 0.763. The van der Waals surface area contributed by atoms with Gasteiger partial charge in [0, 0.05) is 17.8 Å². The molecule has 0 N–H and O–H groups in total. The number of methoxy groups -OCH3 is 1. The standard InChI is InChI=1S/C14H15NO/c1-10-4-5-11(2)13(8-10)14-9-12(16-3)6-7-15-14/h4-9H,1-3H3. The van der Waals surface area contributed by atoms with Gasteiger partial charge in [0.15, 0.2) is 0 Å². The second-order valence-corrected chi connectivity index (χ2v) is 3.90. The van der Waals surface area contributed by atoms with E-state index < -0.39 is 0 Å². The maximum atomic E-state index is 5.21. The molecule has 2 heteroatoms. The van der Waals surface area contributed by atoms with Crippen molar-refractivity contribution in [3.63, 3.8) is 0 Å². The molecule has 16 heavy (non-hydrogen) atoms. The molecule has 0 bridgehead atoms. The second kappa shape index (κ2) is 4.35. The number of hydrogen-bond donors (Lipinski definition) is 0. The van der Waals surface area contributed by atoms with Crippen molar-refractivity contribution in [1.82, 2.24) is 4.98 Å².